The number of fused-ring (bicyclic) bond motifs is 2. The monoisotopic (exact) mass is 631 g/mol. The Hall–Kier alpha value is -3.16. The first-order chi connectivity index (χ1) is 16.4. The molecule has 0 bridgehead atoms. The van der Waals surface area contributed by atoms with Crippen LogP contribution in [0.4, 0.5) is 0 Å². The van der Waals surface area contributed by atoms with E-state index in [1.54, 1.807) is 0 Å². The molecule has 0 spiro atoms. The third-order valence-corrected chi connectivity index (χ3v) is 8.81. The SMILES string of the molecule is [Os+].[c-]1c(-c2ccc3cccc([PH+](c4ccccc4)c4ccccc4)c3n2)ccc2ccccc12. The predicted molar refractivity (Wildman–Crippen MR) is 144 cm³/mol. The minimum absolute atomic E-state index is 0. The van der Waals surface area contributed by atoms with Gasteiger partial charge in [-0.05, 0) is 30.3 Å². The van der Waals surface area contributed by atoms with Crippen molar-refractivity contribution in [1.29, 1.82) is 0 Å². The van der Waals surface area contributed by atoms with E-state index in [9.17, 15) is 0 Å². The molecule has 163 valence electrons. The van der Waals surface area contributed by atoms with Crippen molar-refractivity contribution < 1.29 is 19.8 Å². The van der Waals surface area contributed by atoms with Crippen LogP contribution < -0.4 is 15.9 Å². The molecule has 0 N–H and O–H groups in total. The Kier molecular flexibility index (Phi) is 6.65. The van der Waals surface area contributed by atoms with Gasteiger partial charge in [0.25, 0.3) is 0 Å². The smallest absolute Gasteiger partial charge is 0.282 e. The Labute approximate surface area is 214 Å². The molecule has 3 heteroatoms. The molecular weight excluding hydrogens is 608 g/mol. The minimum atomic E-state index is -1.21. The van der Waals surface area contributed by atoms with Gasteiger partial charge in [0.2, 0.25) is 0 Å². The molecular formula is C31H22NOsP+. The topological polar surface area (TPSA) is 12.9 Å². The summed E-state index contributed by atoms with van der Waals surface area (Å²) in [5, 5.41) is 7.53. The van der Waals surface area contributed by atoms with E-state index in [-0.39, 0.29) is 19.8 Å². The van der Waals surface area contributed by atoms with Crippen molar-refractivity contribution in [1.82, 2.24) is 4.98 Å². The molecule has 0 atom stereocenters. The molecule has 1 nitrogen and oxygen atoms in total. The average molecular weight is 630 g/mol. The van der Waals surface area contributed by atoms with E-state index in [1.165, 1.54) is 26.7 Å². The molecule has 0 aliphatic carbocycles. The molecule has 1 aromatic heterocycles. The normalized spacial score (nSPS) is 11.0. The Morgan fingerprint density at radius 2 is 1.15 bits per heavy atom. The first kappa shape index (κ1) is 22.6. The maximum atomic E-state index is 5.22. The van der Waals surface area contributed by atoms with Crippen molar-refractivity contribution in [3.8, 4) is 11.3 Å². The first-order valence-electron chi connectivity index (χ1n) is 11.2. The fraction of sp³-hybridized carbons (Fsp3) is 0. The zero-order valence-electron chi connectivity index (χ0n) is 18.4. The van der Waals surface area contributed by atoms with Gasteiger partial charge in [-0.15, -0.1) is 29.7 Å². The fourth-order valence-corrected chi connectivity index (χ4v) is 7.16. The molecule has 34 heavy (non-hydrogen) atoms. The predicted octanol–water partition coefficient (Wildman–Crippen LogP) is 6.34. The van der Waals surface area contributed by atoms with E-state index in [0.717, 1.165) is 22.2 Å². The largest absolute Gasteiger partial charge is 1.00 e. The molecule has 0 amide bonds. The summed E-state index contributed by atoms with van der Waals surface area (Å²) < 4.78 is 0. The number of aromatic nitrogens is 1. The van der Waals surface area contributed by atoms with Gasteiger partial charge in [0, 0.05) is 11.1 Å². The number of para-hydroxylation sites is 1. The Morgan fingerprint density at radius 3 is 1.88 bits per heavy atom. The van der Waals surface area contributed by atoms with Gasteiger partial charge >= 0.3 is 19.8 Å². The molecule has 0 aliphatic heterocycles. The van der Waals surface area contributed by atoms with Crippen LogP contribution in [0.2, 0.25) is 0 Å². The average Bonchev–Trinajstić information content (AvgIpc) is 2.90. The summed E-state index contributed by atoms with van der Waals surface area (Å²) in [5.74, 6) is 0. The molecule has 6 aromatic rings. The summed E-state index contributed by atoms with van der Waals surface area (Å²) in [5.41, 5.74) is 3.07. The van der Waals surface area contributed by atoms with Gasteiger partial charge in [-0.2, -0.15) is 0 Å². The molecule has 1 heterocycles. The standard InChI is InChI=1S/C31H21NP.Os/c1-3-13-27(14-4-1)33(28-15-5-2-6-16-28)30-17-9-12-24-20-21-29(32-31(24)30)26-19-18-23-10-7-8-11-25(23)22-26;/h1-21H;/q-1;+1/p+1. The number of nitrogens with zero attached hydrogens (tertiary/aromatic N) is 1. The van der Waals surface area contributed by atoms with E-state index >= 15 is 0 Å². The van der Waals surface area contributed by atoms with Gasteiger partial charge in [-0.1, -0.05) is 89.8 Å². The van der Waals surface area contributed by atoms with Crippen LogP contribution in [0.15, 0.2) is 127 Å². The molecule has 6 rings (SSSR count). The number of hydrogen-bond acceptors (Lipinski definition) is 1. The van der Waals surface area contributed by atoms with Crippen LogP contribution in [0, 0.1) is 6.07 Å². The summed E-state index contributed by atoms with van der Waals surface area (Å²) in [6.45, 7) is 0. The maximum absolute atomic E-state index is 5.22. The molecule has 0 aliphatic rings. The zero-order chi connectivity index (χ0) is 22.0. The van der Waals surface area contributed by atoms with E-state index in [4.69, 9.17) is 4.98 Å². The van der Waals surface area contributed by atoms with Crippen LogP contribution in [0.3, 0.4) is 0 Å². The molecule has 0 saturated heterocycles. The quantitative estimate of drug-likeness (QED) is 0.164. The van der Waals surface area contributed by atoms with Gasteiger partial charge < -0.3 is 0 Å². The Bertz CT molecular complexity index is 1530. The van der Waals surface area contributed by atoms with Gasteiger partial charge in [0.15, 0.2) is 0 Å². The van der Waals surface area contributed by atoms with Crippen LogP contribution in [0.5, 0.6) is 0 Å². The van der Waals surface area contributed by atoms with Gasteiger partial charge in [0.1, 0.15) is 29.4 Å². The Morgan fingerprint density at radius 1 is 0.529 bits per heavy atom. The van der Waals surface area contributed by atoms with E-state index < -0.39 is 7.92 Å². The van der Waals surface area contributed by atoms with Gasteiger partial charge in [-0.25, -0.2) is 0 Å². The first-order valence-corrected chi connectivity index (χ1v) is 12.7. The van der Waals surface area contributed by atoms with Gasteiger partial charge in [-0.3, -0.25) is 4.98 Å². The summed E-state index contributed by atoms with van der Waals surface area (Å²) in [4.78, 5) is 5.22. The zero-order valence-corrected chi connectivity index (χ0v) is 22.0. The summed E-state index contributed by atoms with van der Waals surface area (Å²) in [6.07, 6.45) is 0. The van der Waals surface area contributed by atoms with Crippen molar-refractivity contribution in [2.75, 3.05) is 0 Å². The molecule has 1 radical (unpaired) electrons. The Balaban J connectivity index is 0.00000241. The molecule has 0 saturated carbocycles. The number of hydrogen-bond donors (Lipinski definition) is 0. The van der Waals surface area contributed by atoms with E-state index in [0.29, 0.717) is 0 Å². The summed E-state index contributed by atoms with van der Waals surface area (Å²) in [6, 6.07) is 48.8. The minimum Gasteiger partial charge on any atom is -0.282 e. The second-order valence-electron chi connectivity index (χ2n) is 8.14. The van der Waals surface area contributed by atoms with E-state index in [2.05, 4.69) is 133 Å². The third-order valence-electron chi connectivity index (χ3n) is 6.05. The van der Waals surface area contributed by atoms with Gasteiger partial charge in [0.05, 0.1) is 0 Å². The van der Waals surface area contributed by atoms with Crippen molar-refractivity contribution >= 4 is 45.5 Å². The van der Waals surface area contributed by atoms with Crippen LogP contribution in [0.25, 0.3) is 32.9 Å². The number of pyridine rings is 1. The summed E-state index contributed by atoms with van der Waals surface area (Å²) in [7, 11) is -1.21. The second-order valence-corrected chi connectivity index (χ2v) is 10.6. The second kappa shape index (κ2) is 9.99. The van der Waals surface area contributed by atoms with Crippen LogP contribution in [-0.2, 0) is 19.8 Å². The molecule has 0 fully saturated rings. The molecule has 5 aromatic carbocycles. The maximum Gasteiger partial charge on any atom is 1.00 e. The van der Waals surface area contributed by atoms with Crippen molar-refractivity contribution in [2.45, 2.75) is 0 Å². The van der Waals surface area contributed by atoms with Crippen molar-refractivity contribution in [3.63, 3.8) is 0 Å². The van der Waals surface area contributed by atoms with E-state index in [1.807, 2.05) is 0 Å². The fourth-order valence-electron chi connectivity index (χ4n) is 4.45. The number of rotatable bonds is 4. The van der Waals surface area contributed by atoms with Crippen LogP contribution in [0.1, 0.15) is 0 Å². The molecule has 0 unspecified atom stereocenters. The summed E-state index contributed by atoms with van der Waals surface area (Å²) >= 11 is 0. The third kappa shape index (κ3) is 4.33. The van der Waals surface area contributed by atoms with Crippen LogP contribution >= 0.6 is 7.92 Å². The van der Waals surface area contributed by atoms with Crippen molar-refractivity contribution in [2.24, 2.45) is 0 Å². The number of benzene rings is 5. The van der Waals surface area contributed by atoms with Crippen LogP contribution in [-0.4, -0.2) is 4.98 Å². The van der Waals surface area contributed by atoms with Crippen molar-refractivity contribution in [3.05, 3.63) is 133 Å².